The smallest absolute Gasteiger partial charge is 0.288 e. The Balaban J connectivity index is 2.34. The number of nitrogens with one attached hydrogen (secondary N) is 1. The van der Waals surface area contributed by atoms with Crippen LogP contribution in [0, 0.1) is 22.9 Å². The molecule has 8 heteroatoms. The molecule has 2 aromatic rings. The lowest BCUT2D eigenvalue weighted by Gasteiger charge is -2.08. The first-order chi connectivity index (χ1) is 9.88. The number of benzene rings is 1. The number of aryl methyl sites for hydroxylation is 1. The third kappa shape index (κ3) is 3.11. The van der Waals surface area contributed by atoms with Crippen LogP contribution in [0.4, 0.5) is 21.6 Å². The van der Waals surface area contributed by atoms with E-state index in [1.54, 1.807) is 13.0 Å². The Hall–Kier alpha value is -3.03. The maximum absolute atomic E-state index is 13.6. The van der Waals surface area contributed by atoms with Crippen molar-refractivity contribution in [3.63, 3.8) is 0 Å². The normalized spacial score (nSPS) is 10.2. The number of nitrogen functional groups attached to an aromatic ring is 1. The standard InChI is InChI=1S/C13H11FN4O3/c1-7-2-3-10(14)11(4-7)17-13(19)9-5-8(18(20)21)6-16-12(9)15/h2-6H,1H3,(H2,15,16)(H,17,19). The van der Waals surface area contributed by atoms with Gasteiger partial charge >= 0.3 is 0 Å². The summed E-state index contributed by atoms with van der Waals surface area (Å²) >= 11 is 0. The van der Waals surface area contributed by atoms with Crippen molar-refractivity contribution < 1.29 is 14.1 Å². The molecule has 108 valence electrons. The molecule has 21 heavy (non-hydrogen) atoms. The molecule has 2 rings (SSSR count). The number of hydrogen-bond acceptors (Lipinski definition) is 5. The van der Waals surface area contributed by atoms with Crippen LogP contribution in [0.3, 0.4) is 0 Å². The van der Waals surface area contributed by atoms with Gasteiger partial charge in [-0.25, -0.2) is 9.37 Å². The molecular weight excluding hydrogens is 279 g/mol. The minimum absolute atomic E-state index is 0.0362. The zero-order valence-corrected chi connectivity index (χ0v) is 11.0. The molecule has 0 aliphatic heterocycles. The van der Waals surface area contributed by atoms with Crippen LogP contribution in [0.15, 0.2) is 30.5 Å². The van der Waals surface area contributed by atoms with Crippen molar-refractivity contribution in [3.05, 3.63) is 57.5 Å². The first-order valence-electron chi connectivity index (χ1n) is 5.86. The van der Waals surface area contributed by atoms with E-state index in [0.717, 1.165) is 17.8 Å². The highest BCUT2D eigenvalue weighted by molar-refractivity contribution is 6.07. The topological polar surface area (TPSA) is 111 Å². The Labute approximate surface area is 118 Å². The van der Waals surface area contributed by atoms with Gasteiger partial charge in [-0.15, -0.1) is 0 Å². The molecule has 1 amide bonds. The van der Waals surface area contributed by atoms with Crippen molar-refractivity contribution in [3.8, 4) is 0 Å². The molecule has 0 aliphatic carbocycles. The van der Waals surface area contributed by atoms with Gasteiger partial charge < -0.3 is 11.1 Å². The first kappa shape index (κ1) is 14.4. The summed E-state index contributed by atoms with van der Waals surface area (Å²) < 4.78 is 13.6. The van der Waals surface area contributed by atoms with E-state index >= 15 is 0 Å². The number of amides is 1. The Morgan fingerprint density at radius 2 is 2.14 bits per heavy atom. The number of aromatic nitrogens is 1. The van der Waals surface area contributed by atoms with Crippen molar-refractivity contribution in [1.29, 1.82) is 0 Å². The van der Waals surface area contributed by atoms with E-state index < -0.39 is 16.6 Å². The van der Waals surface area contributed by atoms with Crippen LogP contribution in [0.2, 0.25) is 0 Å². The first-order valence-corrected chi connectivity index (χ1v) is 5.86. The number of rotatable bonds is 3. The number of nitrogens with two attached hydrogens (primary N) is 1. The Bertz CT molecular complexity index is 733. The highest BCUT2D eigenvalue weighted by Crippen LogP contribution is 2.20. The second kappa shape index (κ2) is 5.53. The van der Waals surface area contributed by atoms with Gasteiger partial charge in [0.1, 0.15) is 17.8 Å². The van der Waals surface area contributed by atoms with Crippen molar-refractivity contribution in [2.75, 3.05) is 11.1 Å². The number of halogens is 1. The summed E-state index contributed by atoms with van der Waals surface area (Å²) in [5, 5.41) is 13.0. The van der Waals surface area contributed by atoms with Gasteiger partial charge in [-0.2, -0.15) is 0 Å². The van der Waals surface area contributed by atoms with E-state index in [1.165, 1.54) is 12.1 Å². The van der Waals surface area contributed by atoms with Gasteiger partial charge in [-0.3, -0.25) is 14.9 Å². The molecule has 0 unspecified atom stereocenters. The molecule has 0 fully saturated rings. The van der Waals surface area contributed by atoms with Crippen LogP contribution in [-0.4, -0.2) is 15.8 Å². The zero-order valence-electron chi connectivity index (χ0n) is 11.0. The van der Waals surface area contributed by atoms with Crippen LogP contribution in [-0.2, 0) is 0 Å². The molecule has 1 heterocycles. The van der Waals surface area contributed by atoms with Gasteiger partial charge in [-0.05, 0) is 24.6 Å². The summed E-state index contributed by atoms with van der Waals surface area (Å²) in [6.07, 6.45) is 0.944. The van der Waals surface area contributed by atoms with E-state index in [4.69, 9.17) is 5.73 Å². The molecule has 0 atom stereocenters. The summed E-state index contributed by atoms with van der Waals surface area (Å²) in [6.45, 7) is 1.73. The fourth-order valence-corrected chi connectivity index (χ4v) is 1.67. The molecule has 1 aromatic heterocycles. The average molecular weight is 290 g/mol. The number of hydrogen-bond donors (Lipinski definition) is 2. The molecule has 0 spiro atoms. The monoisotopic (exact) mass is 290 g/mol. The number of carbonyl (C=O) groups excluding carboxylic acids is 1. The Kier molecular flexibility index (Phi) is 3.79. The highest BCUT2D eigenvalue weighted by Gasteiger charge is 2.17. The van der Waals surface area contributed by atoms with Crippen LogP contribution in [0.5, 0.6) is 0 Å². The number of pyridine rings is 1. The second-order valence-electron chi connectivity index (χ2n) is 4.32. The summed E-state index contributed by atoms with van der Waals surface area (Å²) in [6, 6.07) is 5.19. The molecule has 0 saturated carbocycles. The van der Waals surface area contributed by atoms with Crippen molar-refractivity contribution in [1.82, 2.24) is 4.98 Å². The highest BCUT2D eigenvalue weighted by atomic mass is 19.1. The Morgan fingerprint density at radius 3 is 2.81 bits per heavy atom. The molecule has 0 bridgehead atoms. The number of nitro groups is 1. The predicted molar refractivity (Wildman–Crippen MR) is 74.4 cm³/mol. The lowest BCUT2D eigenvalue weighted by atomic mass is 10.2. The van der Waals surface area contributed by atoms with E-state index in [-0.39, 0.29) is 22.8 Å². The lowest BCUT2D eigenvalue weighted by molar-refractivity contribution is -0.385. The molecule has 0 saturated heterocycles. The van der Waals surface area contributed by atoms with E-state index in [2.05, 4.69) is 10.3 Å². The maximum Gasteiger partial charge on any atom is 0.288 e. The third-order valence-corrected chi connectivity index (χ3v) is 2.73. The third-order valence-electron chi connectivity index (χ3n) is 2.73. The van der Waals surface area contributed by atoms with Crippen molar-refractivity contribution in [2.45, 2.75) is 6.92 Å². The van der Waals surface area contributed by atoms with Crippen LogP contribution in [0.1, 0.15) is 15.9 Å². The number of carbonyl (C=O) groups is 1. The predicted octanol–water partition coefficient (Wildman–Crippen LogP) is 2.27. The van der Waals surface area contributed by atoms with Gasteiger partial charge in [0.25, 0.3) is 11.6 Å². The lowest BCUT2D eigenvalue weighted by Crippen LogP contribution is -2.16. The maximum atomic E-state index is 13.6. The fraction of sp³-hybridized carbons (Fsp3) is 0.0769. The summed E-state index contributed by atoms with van der Waals surface area (Å²) in [5.41, 5.74) is 5.67. The van der Waals surface area contributed by atoms with Gasteiger partial charge in [0.05, 0.1) is 16.2 Å². The van der Waals surface area contributed by atoms with Crippen molar-refractivity contribution in [2.24, 2.45) is 0 Å². The van der Waals surface area contributed by atoms with E-state index in [0.29, 0.717) is 0 Å². The average Bonchev–Trinajstić information content (AvgIpc) is 2.43. The minimum Gasteiger partial charge on any atom is -0.383 e. The van der Waals surface area contributed by atoms with Crippen LogP contribution < -0.4 is 11.1 Å². The number of anilines is 2. The molecule has 3 N–H and O–H groups in total. The molecule has 1 aromatic carbocycles. The molecule has 0 aliphatic rings. The van der Waals surface area contributed by atoms with E-state index in [9.17, 15) is 19.3 Å². The molecule has 7 nitrogen and oxygen atoms in total. The second-order valence-corrected chi connectivity index (χ2v) is 4.32. The quantitative estimate of drug-likeness (QED) is 0.665. The largest absolute Gasteiger partial charge is 0.383 e. The molecule has 0 radical (unpaired) electrons. The van der Waals surface area contributed by atoms with E-state index in [1.807, 2.05) is 0 Å². The fourth-order valence-electron chi connectivity index (χ4n) is 1.67. The summed E-state index contributed by atoms with van der Waals surface area (Å²) in [7, 11) is 0. The van der Waals surface area contributed by atoms with Gasteiger partial charge in [0, 0.05) is 6.07 Å². The van der Waals surface area contributed by atoms with Crippen molar-refractivity contribution >= 4 is 23.1 Å². The summed E-state index contributed by atoms with van der Waals surface area (Å²) in [4.78, 5) is 25.6. The van der Waals surface area contributed by atoms with Gasteiger partial charge in [0.15, 0.2) is 0 Å². The van der Waals surface area contributed by atoms with Crippen LogP contribution >= 0.6 is 0 Å². The van der Waals surface area contributed by atoms with Crippen LogP contribution in [0.25, 0.3) is 0 Å². The van der Waals surface area contributed by atoms with Gasteiger partial charge in [0.2, 0.25) is 0 Å². The zero-order chi connectivity index (χ0) is 15.6. The summed E-state index contributed by atoms with van der Waals surface area (Å²) in [5.74, 6) is -1.56. The SMILES string of the molecule is Cc1ccc(F)c(NC(=O)c2cc([N+](=O)[O-])cnc2N)c1. The minimum atomic E-state index is -0.770. The Morgan fingerprint density at radius 1 is 1.43 bits per heavy atom. The van der Waals surface area contributed by atoms with Gasteiger partial charge in [-0.1, -0.05) is 6.07 Å². The number of nitrogens with zero attached hydrogens (tertiary/aromatic N) is 2. The molecular formula is C13H11FN4O3.